The van der Waals surface area contributed by atoms with Crippen LogP contribution in [-0.4, -0.2) is 46.1 Å². The van der Waals surface area contributed by atoms with E-state index in [-0.39, 0.29) is 43.9 Å². The second kappa shape index (κ2) is 12.2. The molecular formula is C22H20Cl2F3N5O3S. The molecule has 1 heterocycles. The highest BCUT2D eigenvalue weighted by Crippen LogP contribution is 2.40. The molecule has 0 fully saturated rings. The van der Waals surface area contributed by atoms with Gasteiger partial charge in [-0.2, -0.15) is 0 Å². The Morgan fingerprint density at radius 2 is 1.97 bits per heavy atom. The molecular weight excluding hydrogens is 542 g/mol. The van der Waals surface area contributed by atoms with Crippen LogP contribution in [0, 0.1) is 5.82 Å². The predicted molar refractivity (Wildman–Crippen MR) is 130 cm³/mol. The van der Waals surface area contributed by atoms with Gasteiger partial charge in [0.15, 0.2) is 0 Å². The molecule has 36 heavy (non-hydrogen) atoms. The zero-order valence-corrected chi connectivity index (χ0v) is 21.2. The van der Waals surface area contributed by atoms with E-state index in [1.165, 1.54) is 30.5 Å². The molecule has 0 saturated heterocycles. The number of carbonyl (C=O) groups excluding carboxylic acids is 2. The summed E-state index contributed by atoms with van der Waals surface area (Å²) < 4.78 is 49.2. The number of urea groups is 1. The zero-order chi connectivity index (χ0) is 26.4. The number of halogens is 5. The Morgan fingerprint density at radius 1 is 1.22 bits per heavy atom. The summed E-state index contributed by atoms with van der Waals surface area (Å²) in [5, 5.41) is 7.43. The van der Waals surface area contributed by atoms with Crippen molar-refractivity contribution in [3.05, 3.63) is 62.8 Å². The minimum absolute atomic E-state index is 0.000851. The minimum atomic E-state index is -2.74. The van der Waals surface area contributed by atoms with Crippen LogP contribution in [-0.2, 0) is 0 Å². The van der Waals surface area contributed by atoms with Crippen molar-refractivity contribution in [2.75, 3.05) is 13.2 Å². The summed E-state index contributed by atoms with van der Waals surface area (Å²) in [5.74, 6) is -1.30. The van der Waals surface area contributed by atoms with Crippen LogP contribution in [0.2, 0.25) is 10.0 Å². The minimum Gasteiger partial charge on any atom is -0.485 e. The van der Waals surface area contributed by atoms with Crippen molar-refractivity contribution in [3.8, 4) is 16.9 Å². The van der Waals surface area contributed by atoms with Crippen LogP contribution < -0.4 is 15.5 Å². The van der Waals surface area contributed by atoms with E-state index in [1.54, 1.807) is 13.8 Å². The number of rotatable bonds is 8. The predicted octanol–water partition coefficient (Wildman–Crippen LogP) is 5.73. The average molecular weight is 562 g/mol. The smallest absolute Gasteiger partial charge is 0.336 e. The van der Waals surface area contributed by atoms with Gasteiger partial charge < -0.3 is 10.1 Å². The third-order valence-corrected chi connectivity index (χ3v) is 6.03. The van der Waals surface area contributed by atoms with Crippen LogP contribution in [0.25, 0.3) is 11.1 Å². The lowest BCUT2D eigenvalue weighted by Crippen LogP contribution is -2.50. The summed E-state index contributed by atoms with van der Waals surface area (Å²) >= 11 is 13.0. The highest BCUT2D eigenvalue weighted by molar-refractivity contribution is 7.07. The number of aromatic nitrogens is 2. The second-order valence-electron chi connectivity index (χ2n) is 7.34. The number of alkyl halides is 2. The van der Waals surface area contributed by atoms with Crippen molar-refractivity contribution in [2.24, 2.45) is 0 Å². The molecule has 1 atom stereocenters. The number of ether oxygens (including phenoxy) is 1. The van der Waals surface area contributed by atoms with Crippen molar-refractivity contribution >= 4 is 46.7 Å². The van der Waals surface area contributed by atoms with E-state index in [0.29, 0.717) is 0 Å². The van der Waals surface area contributed by atoms with Gasteiger partial charge in [0, 0.05) is 22.7 Å². The fourth-order valence-electron chi connectivity index (χ4n) is 3.17. The maximum atomic E-state index is 15.1. The molecule has 0 aliphatic carbocycles. The second-order valence-corrected chi connectivity index (χ2v) is 8.97. The van der Waals surface area contributed by atoms with Gasteiger partial charge in [-0.1, -0.05) is 39.8 Å². The summed E-state index contributed by atoms with van der Waals surface area (Å²) in [5.41, 5.74) is 3.09. The lowest BCUT2D eigenvalue weighted by atomic mass is 10.00. The SMILES string of the molecule is CCN(NC(=O)c1cnns1)C(=O)N[C@H](C)c1ccc(-c2cc(Cl)cc(Cl)c2OCC(F)F)cc1F. The van der Waals surface area contributed by atoms with Crippen LogP contribution in [0.15, 0.2) is 36.5 Å². The molecule has 0 aliphatic heterocycles. The van der Waals surface area contributed by atoms with Crippen LogP contribution in [0.1, 0.15) is 35.1 Å². The summed E-state index contributed by atoms with van der Waals surface area (Å²) in [7, 11) is 0. The van der Waals surface area contributed by atoms with E-state index in [1.807, 2.05) is 0 Å². The number of carbonyl (C=O) groups is 2. The van der Waals surface area contributed by atoms with E-state index in [4.69, 9.17) is 27.9 Å². The van der Waals surface area contributed by atoms with Gasteiger partial charge in [0.2, 0.25) is 0 Å². The molecule has 0 saturated carbocycles. The van der Waals surface area contributed by atoms with E-state index in [9.17, 15) is 18.4 Å². The van der Waals surface area contributed by atoms with Crippen LogP contribution in [0.4, 0.5) is 18.0 Å². The molecule has 0 unspecified atom stereocenters. The van der Waals surface area contributed by atoms with Gasteiger partial charge in [0.1, 0.15) is 23.1 Å². The van der Waals surface area contributed by atoms with Gasteiger partial charge in [0.05, 0.1) is 17.3 Å². The molecule has 2 aromatic carbocycles. The van der Waals surface area contributed by atoms with Crippen molar-refractivity contribution in [2.45, 2.75) is 26.3 Å². The summed E-state index contributed by atoms with van der Waals surface area (Å²) in [6, 6.07) is 5.41. The van der Waals surface area contributed by atoms with E-state index in [0.717, 1.165) is 22.6 Å². The molecule has 0 radical (unpaired) electrons. The summed E-state index contributed by atoms with van der Waals surface area (Å²) in [6.45, 7) is 2.44. The Labute approximate surface area is 218 Å². The summed E-state index contributed by atoms with van der Waals surface area (Å²) in [4.78, 5) is 25.1. The lowest BCUT2D eigenvalue weighted by Gasteiger charge is -2.24. The van der Waals surface area contributed by atoms with Gasteiger partial charge in [-0.05, 0) is 49.1 Å². The number of nitrogens with one attached hydrogen (secondary N) is 2. The van der Waals surface area contributed by atoms with E-state index < -0.39 is 36.8 Å². The Bertz CT molecular complexity index is 1230. The largest absolute Gasteiger partial charge is 0.485 e. The molecule has 3 amide bonds. The van der Waals surface area contributed by atoms with Gasteiger partial charge in [-0.25, -0.2) is 23.0 Å². The molecule has 2 N–H and O–H groups in total. The highest BCUT2D eigenvalue weighted by Gasteiger charge is 2.22. The van der Waals surface area contributed by atoms with Gasteiger partial charge in [0.25, 0.3) is 12.3 Å². The third-order valence-electron chi connectivity index (χ3n) is 4.86. The van der Waals surface area contributed by atoms with Gasteiger partial charge in [-0.15, -0.1) is 5.10 Å². The Morgan fingerprint density at radius 3 is 2.58 bits per heavy atom. The van der Waals surface area contributed by atoms with Crippen molar-refractivity contribution < 1.29 is 27.5 Å². The monoisotopic (exact) mass is 561 g/mol. The van der Waals surface area contributed by atoms with Crippen molar-refractivity contribution in [1.82, 2.24) is 25.3 Å². The van der Waals surface area contributed by atoms with Gasteiger partial charge >= 0.3 is 6.03 Å². The first-order valence-electron chi connectivity index (χ1n) is 10.5. The average Bonchev–Trinajstić information content (AvgIpc) is 3.36. The van der Waals surface area contributed by atoms with Crippen LogP contribution in [0.5, 0.6) is 5.75 Å². The Kier molecular flexibility index (Phi) is 9.35. The molecule has 0 spiro atoms. The normalized spacial score (nSPS) is 11.8. The molecule has 1 aromatic heterocycles. The van der Waals surface area contributed by atoms with Crippen LogP contribution in [0.3, 0.4) is 0 Å². The van der Waals surface area contributed by atoms with Crippen molar-refractivity contribution in [3.63, 3.8) is 0 Å². The highest BCUT2D eigenvalue weighted by atomic mass is 35.5. The third kappa shape index (κ3) is 6.77. The zero-order valence-electron chi connectivity index (χ0n) is 18.9. The number of nitrogens with zero attached hydrogens (tertiary/aromatic N) is 3. The standard InChI is InChI=1S/C22H20Cl2F3N5O3S/c1-3-32(30-21(33)18-9-28-31-36-18)22(34)29-11(2)14-5-4-12(6-17(14)25)15-7-13(23)8-16(24)20(15)35-10-19(26)27/h4-9,11,19H,3,10H2,1-2H3,(H,29,34)(H,30,33)/t11-/m1/s1. The lowest BCUT2D eigenvalue weighted by molar-refractivity contribution is 0.0821. The number of benzene rings is 2. The molecule has 8 nitrogen and oxygen atoms in total. The van der Waals surface area contributed by atoms with Gasteiger partial charge in [-0.3, -0.25) is 10.2 Å². The number of amides is 3. The fourth-order valence-corrected chi connectivity index (χ4v) is 4.13. The first-order chi connectivity index (χ1) is 17.1. The van der Waals surface area contributed by atoms with Crippen molar-refractivity contribution in [1.29, 1.82) is 0 Å². The first kappa shape index (κ1) is 27.5. The van der Waals surface area contributed by atoms with E-state index >= 15 is 4.39 Å². The Hall–Kier alpha value is -3.09. The maximum absolute atomic E-state index is 15.1. The number of hydrazine groups is 1. The maximum Gasteiger partial charge on any atom is 0.336 e. The number of hydrogen-bond acceptors (Lipinski definition) is 6. The number of hydrogen-bond donors (Lipinski definition) is 2. The Balaban J connectivity index is 1.78. The molecule has 192 valence electrons. The summed E-state index contributed by atoms with van der Waals surface area (Å²) in [6.07, 6.45) is -1.47. The fraction of sp³-hybridized carbons (Fsp3) is 0.273. The molecule has 0 bridgehead atoms. The molecule has 14 heteroatoms. The van der Waals surface area contributed by atoms with E-state index in [2.05, 4.69) is 20.3 Å². The molecule has 0 aliphatic rings. The molecule has 3 rings (SSSR count). The topological polar surface area (TPSA) is 96.5 Å². The van der Waals surface area contributed by atoms with Crippen LogP contribution >= 0.6 is 34.7 Å². The molecule has 3 aromatic rings. The first-order valence-corrected chi connectivity index (χ1v) is 12.0. The quantitative estimate of drug-likeness (QED) is 0.342.